The highest BCUT2D eigenvalue weighted by Gasteiger charge is 2.25. The molecule has 0 fully saturated rings. The SMILES string of the molecule is CC(C)(C)Oc1ccc(CC(NC(=O)OCc2ccccc2)/C(=N/N)N(N)CC(=O)O)cc1. The number of nitrogens with two attached hydrogens (primary N) is 2. The highest BCUT2D eigenvalue weighted by molar-refractivity contribution is 5.91. The number of aliphatic carboxylic acids is 1. The molecule has 0 aliphatic carbocycles. The average molecular weight is 458 g/mol. The first-order chi connectivity index (χ1) is 15.6. The molecule has 0 radical (unpaired) electrons. The Bertz CT molecular complexity index is 942. The van der Waals surface area contributed by atoms with Gasteiger partial charge in [-0.2, -0.15) is 5.10 Å². The van der Waals surface area contributed by atoms with E-state index < -0.39 is 24.6 Å². The molecule has 6 N–H and O–H groups in total. The van der Waals surface area contributed by atoms with Gasteiger partial charge in [0.25, 0.3) is 0 Å². The molecule has 10 nitrogen and oxygen atoms in total. The normalized spacial score (nSPS) is 12.5. The molecule has 10 heteroatoms. The Hall–Kier alpha value is -3.79. The predicted octanol–water partition coefficient (Wildman–Crippen LogP) is 2.23. The van der Waals surface area contributed by atoms with Gasteiger partial charge in [0, 0.05) is 6.42 Å². The fourth-order valence-corrected chi connectivity index (χ4v) is 2.99. The van der Waals surface area contributed by atoms with E-state index in [9.17, 15) is 9.59 Å². The number of hydrogen-bond acceptors (Lipinski definition) is 7. The van der Waals surface area contributed by atoms with Crippen molar-refractivity contribution < 1.29 is 24.2 Å². The summed E-state index contributed by atoms with van der Waals surface area (Å²) in [4.78, 5) is 23.6. The van der Waals surface area contributed by atoms with Gasteiger partial charge in [-0.3, -0.25) is 9.80 Å². The Labute approximate surface area is 193 Å². The molecule has 0 spiro atoms. The van der Waals surface area contributed by atoms with Crippen LogP contribution in [0.1, 0.15) is 31.9 Å². The number of benzene rings is 2. The third kappa shape index (κ3) is 9.08. The van der Waals surface area contributed by atoms with Crippen LogP contribution in [0.3, 0.4) is 0 Å². The number of nitrogens with zero attached hydrogens (tertiary/aromatic N) is 2. The minimum atomic E-state index is -1.17. The van der Waals surface area contributed by atoms with Gasteiger partial charge in [-0.25, -0.2) is 10.6 Å². The zero-order chi connectivity index (χ0) is 24.4. The van der Waals surface area contributed by atoms with Crippen molar-refractivity contribution in [3.63, 3.8) is 0 Å². The Balaban J connectivity index is 2.15. The second-order valence-electron chi connectivity index (χ2n) is 8.33. The van der Waals surface area contributed by atoms with Gasteiger partial charge in [-0.05, 0) is 44.0 Å². The van der Waals surface area contributed by atoms with Crippen molar-refractivity contribution >= 4 is 17.9 Å². The van der Waals surface area contributed by atoms with E-state index in [1.54, 1.807) is 0 Å². The predicted molar refractivity (Wildman–Crippen MR) is 124 cm³/mol. The molecule has 0 aliphatic heterocycles. The van der Waals surface area contributed by atoms with Crippen LogP contribution in [0, 0.1) is 0 Å². The molecule has 178 valence electrons. The van der Waals surface area contributed by atoms with E-state index in [1.165, 1.54) is 0 Å². The minimum Gasteiger partial charge on any atom is -0.488 e. The van der Waals surface area contributed by atoms with E-state index in [4.69, 9.17) is 26.3 Å². The van der Waals surface area contributed by atoms with E-state index in [0.29, 0.717) is 5.75 Å². The number of ether oxygens (including phenoxy) is 2. The van der Waals surface area contributed by atoms with Crippen LogP contribution in [0.2, 0.25) is 0 Å². The molecule has 2 rings (SSSR count). The first-order valence-corrected chi connectivity index (χ1v) is 10.3. The number of nitrogens with one attached hydrogen (secondary N) is 1. The number of carbonyl (C=O) groups excluding carboxylic acids is 1. The molecule has 1 unspecified atom stereocenters. The topological polar surface area (TPSA) is 152 Å². The maximum atomic E-state index is 12.5. The van der Waals surface area contributed by atoms with Crippen molar-refractivity contribution in [1.29, 1.82) is 0 Å². The van der Waals surface area contributed by atoms with Crippen LogP contribution in [-0.4, -0.2) is 46.2 Å². The summed E-state index contributed by atoms with van der Waals surface area (Å²) in [6, 6.07) is 15.6. The zero-order valence-corrected chi connectivity index (χ0v) is 19.0. The van der Waals surface area contributed by atoms with E-state index in [0.717, 1.165) is 16.1 Å². The van der Waals surface area contributed by atoms with Crippen molar-refractivity contribution in [3.05, 3.63) is 65.7 Å². The summed E-state index contributed by atoms with van der Waals surface area (Å²) in [6.07, 6.45) is -0.485. The molecule has 0 heterocycles. The van der Waals surface area contributed by atoms with E-state index in [2.05, 4.69) is 10.4 Å². The molecule has 1 atom stereocenters. The van der Waals surface area contributed by atoms with Gasteiger partial charge in [0.15, 0.2) is 5.84 Å². The Morgan fingerprint density at radius 2 is 1.73 bits per heavy atom. The standard InChI is InChI=1S/C23H31N5O5/c1-23(2,3)33-18-11-9-16(10-12-18)13-19(21(27-24)28(25)14-20(29)30)26-22(31)32-15-17-7-5-4-6-8-17/h4-12,19H,13-15,24-25H2,1-3H3,(H,26,31)(H,29,30)/b27-21-. The van der Waals surface area contributed by atoms with Gasteiger partial charge < -0.3 is 25.7 Å². The van der Waals surface area contributed by atoms with Gasteiger partial charge in [0.2, 0.25) is 0 Å². The quantitative estimate of drug-likeness (QED) is 0.194. The summed E-state index contributed by atoms with van der Waals surface area (Å²) in [5.74, 6) is 10.9. The zero-order valence-electron chi connectivity index (χ0n) is 19.0. The average Bonchev–Trinajstić information content (AvgIpc) is 2.73. The number of amidine groups is 1. The van der Waals surface area contributed by atoms with Crippen molar-refractivity contribution in [1.82, 2.24) is 10.3 Å². The van der Waals surface area contributed by atoms with Gasteiger partial charge in [-0.15, -0.1) is 0 Å². The smallest absolute Gasteiger partial charge is 0.408 e. The number of rotatable bonds is 9. The summed E-state index contributed by atoms with van der Waals surface area (Å²) >= 11 is 0. The summed E-state index contributed by atoms with van der Waals surface area (Å²) in [7, 11) is 0. The van der Waals surface area contributed by atoms with Crippen molar-refractivity contribution in [2.24, 2.45) is 16.8 Å². The third-order valence-corrected chi connectivity index (χ3v) is 4.34. The molecule has 0 aliphatic rings. The molecular formula is C23H31N5O5. The number of carboxylic acid groups (broad SMARTS) is 1. The van der Waals surface area contributed by atoms with Crippen LogP contribution < -0.4 is 21.7 Å². The lowest BCUT2D eigenvalue weighted by Crippen LogP contribution is -2.54. The largest absolute Gasteiger partial charge is 0.488 e. The highest BCUT2D eigenvalue weighted by atomic mass is 16.5. The number of alkyl carbamates (subject to hydrolysis) is 1. The number of hydrazone groups is 1. The van der Waals surface area contributed by atoms with Gasteiger partial charge in [-0.1, -0.05) is 42.5 Å². The lowest BCUT2D eigenvalue weighted by molar-refractivity contribution is -0.137. The lowest BCUT2D eigenvalue weighted by atomic mass is 10.0. The molecule has 2 aromatic carbocycles. The molecular weight excluding hydrogens is 426 g/mol. The fraction of sp³-hybridized carbons (Fsp3) is 0.348. The molecule has 0 saturated heterocycles. The molecule has 2 aromatic rings. The minimum absolute atomic E-state index is 0.0101. The summed E-state index contributed by atoms with van der Waals surface area (Å²) in [5.41, 5.74) is 1.29. The third-order valence-electron chi connectivity index (χ3n) is 4.34. The van der Waals surface area contributed by atoms with Crippen LogP contribution in [0.25, 0.3) is 0 Å². The second-order valence-corrected chi connectivity index (χ2v) is 8.33. The number of hydrogen-bond donors (Lipinski definition) is 4. The van der Waals surface area contributed by atoms with Crippen LogP contribution >= 0.6 is 0 Å². The number of carbonyl (C=O) groups is 2. The first kappa shape index (κ1) is 25.5. The van der Waals surface area contributed by atoms with E-state index >= 15 is 0 Å². The van der Waals surface area contributed by atoms with E-state index in [1.807, 2.05) is 75.4 Å². The Kier molecular flexibility index (Phi) is 9.05. The summed E-state index contributed by atoms with van der Waals surface area (Å²) in [5, 5.41) is 16.3. The molecule has 1 amide bonds. The maximum Gasteiger partial charge on any atom is 0.408 e. The maximum absolute atomic E-state index is 12.5. The Morgan fingerprint density at radius 3 is 2.27 bits per heavy atom. The van der Waals surface area contributed by atoms with Crippen LogP contribution in [0.4, 0.5) is 4.79 Å². The molecule has 33 heavy (non-hydrogen) atoms. The van der Waals surface area contributed by atoms with Gasteiger partial charge in [0.1, 0.15) is 24.5 Å². The Morgan fingerprint density at radius 1 is 1.09 bits per heavy atom. The van der Waals surface area contributed by atoms with Crippen molar-refractivity contribution in [2.75, 3.05) is 6.54 Å². The molecule has 0 bridgehead atoms. The first-order valence-electron chi connectivity index (χ1n) is 10.3. The second kappa shape index (κ2) is 11.7. The van der Waals surface area contributed by atoms with Crippen LogP contribution in [0.15, 0.2) is 59.7 Å². The summed E-state index contributed by atoms with van der Waals surface area (Å²) < 4.78 is 11.1. The molecule has 0 saturated carbocycles. The van der Waals surface area contributed by atoms with Crippen LogP contribution in [0.5, 0.6) is 5.75 Å². The number of carboxylic acids is 1. The monoisotopic (exact) mass is 457 g/mol. The highest BCUT2D eigenvalue weighted by Crippen LogP contribution is 2.19. The van der Waals surface area contributed by atoms with Crippen LogP contribution in [-0.2, 0) is 22.6 Å². The summed E-state index contributed by atoms with van der Waals surface area (Å²) in [6.45, 7) is 5.36. The van der Waals surface area contributed by atoms with E-state index in [-0.39, 0.29) is 24.5 Å². The number of hydrazine groups is 1. The van der Waals surface area contributed by atoms with Crippen molar-refractivity contribution in [2.45, 2.75) is 45.4 Å². The fourth-order valence-electron chi connectivity index (χ4n) is 2.99. The van der Waals surface area contributed by atoms with Crippen molar-refractivity contribution in [3.8, 4) is 5.75 Å². The molecule has 0 aromatic heterocycles. The van der Waals surface area contributed by atoms with Gasteiger partial charge in [0.05, 0.1) is 6.04 Å². The van der Waals surface area contributed by atoms with Gasteiger partial charge >= 0.3 is 12.1 Å². The number of amides is 1. The lowest BCUT2D eigenvalue weighted by Gasteiger charge is -2.26.